The molecule has 0 saturated carbocycles. The topological polar surface area (TPSA) is 111 Å². The summed E-state index contributed by atoms with van der Waals surface area (Å²) >= 11 is 2.60. The predicted octanol–water partition coefficient (Wildman–Crippen LogP) is 1.44. The monoisotopic (exact) mass is 350 g/mol. The number of tetrazole rings is 1. The number of fused-ring (bicyclic) bond motifs is 1. The summed E-state index contributed by atoms with van der Waals surface area (Å²) in [5.74, 6) is 0.670. The van der Waals surface area contributed by atoms with Crippen LogP contribution in [-0.4, -0.2) is 47.3 Å². The Morgan fingerprint density at radius 1 is 1.39 bits per heavy atom. The molecule has 2 heterocycles. The van der Waals surface area contributed by atoms with Gasteiger partial charge in [0.05, 0.1) is 17.4 Å². The molecule has 9 nitrogen and oxygen atoms in total. The molecule has 11 heteroatoms. The summed E-state index contributed by atoms with van der Waals surface area (Å²) in [6, 6.07) is 3.53. The van der Waals surface area contributed by atoms with Gasteiger partial charge in [-0.05, 0) is 29.0 Å². The number of anilines is 1. The van der Waals surface area contributed by atoms with Gasteiger partial charge in [0.1, 0.15) is 11.0 Å². The highest BCUT2D eigenvalue weighted by Gasteiger charge is 2.11. The Labute approximate surface area is 140 Å². The first-order valence-electron chi connectivity index (χ1n) is 6.77. The number of aryl methyl sites for hydroxylation is 2. The van der Waals surface area contributed by atoms with Crippen molar-refractivity contribution >= 4 is 46.2 Å². The average molecular weight is 350 g/mol. The van der Waals surface area contributed by atoms with E-state index in [4.69, 9.17) is 0 Å². The van der Waals surface area contributed by atoms with Gasteiger partial charge in [0.15, 0.2) is 0 Å². The van der Waals surface area contributed by atoms with E-state index in [0.717, 1.165) is 22.8 Å². The lowest BCUT2D eigenvalue weighted by atomic mass is 10.1. The van der Waals surface area contributed by atoms with Gasteiger partial charge in [-0.3, -0.25) is 0 Å². The van der Waals surface area contributed by atoms with Crippen LogP contribution in [0.2, 0.25) is 0 Å². The van der Waals surface area contributed by atoms with E-state index in [1.807, 2.05) is 19.1 Å². The summed E-state index contributed by atoms with van der Waals surface area (Å²) in [5, 5.41) is 17.5. The van der Waals surface area contributed by atoms with Crippen molar-refractivity contribution < 1.29 is 4.79 Å². The molecule has 0 aliphatic rings. The quantitative estimate of drug-likeness (QED) is 0.529. The van der Waals surface area contributed by atoms with Crippen LogP contribution < -0.4 is 10.6 Å². The van der Waals surface area contributed by atoms with Crippen molar-refractivity contribution in [3.63, 3.8) is 0 Å². The first-order chi connectivity index (χ1) is 11.1. The minimum atomic E-state index is -0.273. The van der Waals surface area contributed by atoms with Crippen molar-refractivity contribution in [3.05, 3.63) is 17.7 Å². The molecule has 2 aromatic heterocycles. The van der Waals surface area contributed by atoms with Crippen LogP contribution in [0.15, 0.2) is 17.3 Å². The van der Waals surface area contributed by atoms with Crippen LogP contribution in [0.3, 0.4) is 0 Å². The number of amides is 2. The van der Waals surface area contributed by atoms with Crippen molar-refractivity contribution in [2.45, 2.75) is 12.1 Å². The molecule has 0 aliphatic carbocycles. The number of urea groups is 1. The van der Waals surface area contributed by atoms with E-state index in [0.29, 0.717) is 28.7 Å². The zero-order valence-electron chi connectivity index (χ0n) is 12.5. The van der Waals surface area contributed by atoms with Gasteiger partial charge < -0.3 is 10.6 Å². The molecule has 0 spiro atoms. The molecule has 0 fully saturated rings. The van der Waals surface area contributed by atoms with Crippen LogP contribution in [0.5, 0.6) is 0 Å². The van der Waals surface area contributed by atoms with E-state index in [-0.39, 0.29) is 6.03 Å². The fourth-order valence-corrected chi connectivity index (χ4v) is 3.17. The van der Waals surface area contributed by atoms with Crippen LogP contribution in [0.1, 0.15) is 5.56 Å². The van der Waals surface area contributed by atoms with E-state index < -0.39 is 0 Å². The number of carbonyl (C=O) groups is 1. The minimum absolute atomic E-state index is 0.273. The van der Waals surface area contributed by atoms with Gasteiger partial charge in [0.25, 0.3) is 0 Å². The van der Waals surface area contributed by atoms with Crippen molar-refractivity contribution in [1.82, 2.24) is 34.3 Å². The Morgan fingerprint density at radius 3 is 3.04 bits per heavy atom. The Hall–Kier alpha value is -2.27. The van der Waals surface area contributed by atoms with E-state index in [1.54, 1.807) is 11.7 Å². The summed E-state index contributed by atoms with van der Waals surface area (Å²) in [6.45, 7) is 2.42. The molecule has 0 bridgehead atoms. The van der Waals surface area contributed by atoms with Gasteiger partial charge in [-0.2, -0.15) is 8.75 Å². The van der Waals surface area contributed by atoms with Crippen LogP contribution in [0, 0.1) is 6.92 Å². The number of rotatable bonds is 5. The second-order valence-corrected chi connectivity index (χ2v) is 6.29. The number of hydrogen-bond acceptors (Lipinski definition) is 8. The number of thioether (sulfide) groups is 1. The summed E-state index contributed by atoms with van der Waals surface area (Å²) in [6.07, 6.45) is 0. The molecular formula is C12H14N8OS2. The molecule has 3 aromatic rings. The maximum absolute atomic E-state index is 12.0. The van der Waals surface area contributed by atoms with Crippen molar-refractivity contribution in [2.75, 3.05) is 17.6 Å². The van der Waals surface area contributed by atoms with Crippen LogP contribution in [-0.2, 0) is 7.05 Å². The van der Waals surface area contributed by atoms with Gasteiger partial charge in [-0.1, -0.05) is 17.8 Å². The highest BCUT2D eigenvalue weighted by Crippen LogP contribution is 2.25. The van der Waals surface area contributed by atoms with Gasteiger partial charge in [0.2, 0.25) is 5.16 Å². The summed E-state index contributed by atoms with van der Waals surface area (Å²) in [7, 11) is 1.77. The van der Waals surface area contributed by atoms with E-state index in [2.05, 4.69) is 34.9 Å². The lowest BCUT2D eigenvalue weighted by molar-refractivity contribution is 0.252. The molecule has 0 atom stereocenters. The fraction of sp³-hybridized carbons (Fsp3) is 0.333. The van der Waals surface area contributed by atoms with Gasteiger partial charge in [-0.15, -0.1) is 5.10 Å². The second kappa shape index (κ2) is 6.87. The first kappa shape index (κ1) is 15.6. The largest absolute Gasteiger partial charge is 0.337 e. The number of carbonyl (C=O) groups excluding carboxylic acids is 1. The molecule has 0 unspecified atom stereocenters. The molecular weight excluding hydrogens is 336 g/mol. The zero-order valence-corrected chi connectivity index (χ0v) is 14.1. The Bertz CT molecular complexity index is 829. The van der Waals surface area contributed by atoms with E-state index in [9.17, 15) is 4.79 Å². The zero-order chi connectivity index (χ0) is 16.2. The van der Waals surface area contributed by atoms with Gasteiger partial charge in [-0.25, -0.2) is 9.48 Å². The van der Waals surface area contributed by atoms with Crippen LogP contribution >= 0.6 is 23.5 Å². The Kier molecular flexibility index (Phi) is 4.67. The smallest absolute Gasteiger partial charge is 0.319 e. The molecule has 120 valence electrons. The number of benzene rings is 1. The molecule has 2 amide bonds. The van der Waals surface area contributed by atoms with Crippen molar-refractivity contribution in [2.24, 2.45) is 7.05 Å². The lowest BCUT2D eigenvalue weighted by Crippen LogP contribution is -2.30. The molecule has 0 radical (unpaired) electrons. The number of nitrogens with zero attached hydrogens (tertiary/aromatic N) is 6. The highest BCUT2D eigenvalue weighted by molar-refractivity contribution is 7.99. The third-order valence-corrected chi connectivity index (χ3v) is 4.63. The van der Waals surface area contributed by atoms with Crippen LogP contribution in [0.25, 0.3) is 11.0 Å². The van der Waals surface area contributed by atoms with Crippen molar-refractivity contribution in [1.29, 1.82) is 0 Å². The molecule has 0 aliphatic heterocycles. The number of nitrogens with one attached hydrogen (secondary N) is 2. The number of hydrogen-bond donors (Lipinski definition) is 2. The minimum Gasteiger partial charge on any atom is -0.337 e. The molecule has 23 heavy (non-hydrogen) atoms. The van der Waals surface area contributed by atoms with E-state index in [1.165, 1.54) is 11.8 Å². The normalized spacial score (nSPS) is 10.9. The second-order valence-electron chi connectivity index (χ2n) is 4.70. The first-order valence-corrected chi connectivity index (χ1v) is 8.48. The molecule has 0 saturated heterocycles. The third-order valence-electron chi connectivity index (χ3n) is 3.07. The maximum Gasteiger partial charge on any atom is 0.319 e. The van der Waals surface area contributed by atoms with Gasteiger partial charge >= 0.3 is 6.03 Å². The molecule has 3 rings (SSSR count). The Balaban J connectivity index is 1.54. The summed E-state index contributed by atoms with van der Waals surface area (Å²) in [4.78, 5) is 12.0. The van der Waals surface area contributed by atoms with E-state index >= 15 is 0 Å². The van der Waals surface area contributed by atoms with Crippen LogP contribution in [0.4, 0.5) is 10.5 Å². The van der Waals surface area contributed by atoms with Crippen molar-refractivity contribution in [3.8, 4) is 0 Å². The number of aromatic nitrogens is 6. The highest BCUT2D eigenvalue weighted by atomic mass is 32.2. The average Bonchev–Trinajstić information content (AvgIpc) is 3.16. The standard InChI is InChI=1S/C12H14N8OS2/c1-7-3-4-8-10(17-23-16-8)9(7)14-11(21)13-5-6-22-12-15-18-19-20(12)2/h3-4H,5-6H2,1-2H3,(H2,13,14,21). The third kappa shape index (κ3) is 3.56. The predicted molar refractivity (Wildman–Crippen MR) is 88.7 cm³/mol. The van der Waals surface area contributed by atoms with Gasteiger partial charge in [0, 0.05) is 19.3 Å². The summed E-state index contributed by atoms with van der Waals surface area (Å²) < 4.78 is 9.99. The molecule has 1 aromatic carbocycles. The fourth-order valence-electron chi connectivity index (χ4n) is 1.92. The molecule has 2 N–H and O–H groups in total. The SMILES string of the molecule is Cc1ccc2nsnc2c1NC(=O)NCCSc1nnnn1C. The maximum atomic E-state index is 12.0. The Morgan fingerprint density at radius 2 is 2.26 bits per heavy atom. The summed E-state index contributed by atoms with van der Waals surface area (Å²) in [5.41, 5.74) is 3.13. The lowest BCUT2D eigenvalue weighted by Gasteiger charge is -2.10.